The van der Waals surface area contributed by atoms with Crippen molar-refractivity contribution in [3.8, 4) is 0 Å². The van der Waals surface area contributed by atoms with E-state index in [-0.39, 0.29) is 5.82 Å². The fourth-order valence-corrected chi connectivity index (χ4v) is 1.42. The van der Waals surface area contributed by atoms with Gasteiger partial charge in [-0.15, -0.1) is 0 Å². The van der Waals surface area contributed by atoms with Crippen molar-refractivity contribution in [2.75, 3.05) is 7.05 Å². The van der Waals surface area contributed by atoms with Crippen molar-refractivity contribution in [2.24, 2.45) is 0 Å². The molecule has 1 aromatic carbocycles. The minimum Gasteiger partial charge on any atom is -0.316 e. The van der Waals surface area contributed by atoms with Crippen LogP contribution in [0.4, 0.5) is 4.39 Å². The summed E-state index contributed by atoms with van der Waals surface area (Å²) >= 11 is 2.17. The number of nitrogens with one attached hydrogen (secondary N) is 1. The zero-order chi connectivity index (χ0) is 8.27. The van der Waals surface area contributed by atoms with Crippen LogP contribution in [0.25, 0.3) is 0 Å². The molecule has 1 rings (SSSR count). The summed E-state index contributed by atoms with van der Waals surface area (Å²) in [7, 11) is 1.80. The van der Waals surface area contributed by atoms with Gasteiger partial charge in [0.1, 0.15) is 5.82 Å². The summed E-state index contributed by atoms with van der Waals surface area (Å²) < 4.78 is 14.0. The average molecular weight is 265 g/mol. The summed E-state index contributed by atoms with van der Waals surface area (Å²) in [6, 6.07) is 5.09. The molecule has 0 saturated heterocycles. The van der Waals surface area contributed by atoms with Gasteiger partial charge in [0, 0.05) is 15.7 Å². The largest absolute Gasteiger partial charge is 0.316 e. The van der Waals surface area contributed by atoms with Crippen molar-refractivity contribution in [2.45, 2.75) is 6.54 Å². The molecular weight excluding hydrogens is 256 g/mol. The SMILES string of the molecule is CNCc1cc(I)ccc1F. The molecule has 1 N–H and O–H groups in total. The van der Waals surface area contributed by atoms with Gasteiger partial charge in [-0.1, -0.05) is 0 Å². The minimum atomic E-state index is -0.139. The van der Waals surface area contributed by atoms with E-state index in [9.17, 15) is 4.39 Å². The van der Waals surface area contributed by atoms with E-state index in [2.05, 4.69) is 27.9 Å². The molecule has 0 aliphatic rings. The van der Waals surface area contributed by atoms with E-state index in [4.69, 9.17) is 0 Å². The van der Waals surface area contributed by atoms with Crippen LogP contribution in [0, 0.1) is 9.39 Å². The van der Waals surface area contributed by atoms with E-state index in [1.807, 2.05) is 6.07 Å². The van der Waals surface area contributed by atoms with Crippen molar-refractivity contribution in [1.29, 1.82) is 0 Å². The second kappa shape index (κ2) is 4.01. The molecule has 0 heterocycles. The van der Waals surface area contributed by atoms with Gasteiger partial charge in [0.25, 0.3) is 0 Å². The summed E-state index contributed by atoms with van der Waals surface area (Å²) in [4.78, 5) is 0. The molecule has 3 heteroatoms. The quantitative estimate of drug-likeness (QED) is 0.808. The van der Waals surface area contributed by atoms with Crippen LogP contribution in [-0.2, 0) is 6.54 Å². The Hall–Kier alpha value is -0.160. The molecule has 11 heavy (non-hydrogen) atoms. The van der Waals surface area contributed by atoms with Crippen LogP contribution in [-0.4, -0.2) is 7.05 Å². The molecule has 0 aliphatic heterocycles. The van der Waals surface area contributed by atoms with Crippen LogP contribution < -0.4 is 5.32 Å². The van der Waals surface area contributed by atoms with Crippen molar-refractivity contribution < 1.29 is 4.39 Å². The first kappa shape index (κ1) is 8.93. The summed E-state index contributed by atoms with van der Waals surface area (Å²) in [5.41, 5.74) is 0.722. The highest BCUT2D eigenvalue weighted by molar-refractivity contribution is 14.1. The van der Waals surface area contributed by atoms with Gasteiger partial charge in [-0.25, -0.2) is 4.39 Å². The zero-order valence-electron chi connectivity index (χ0n) is 6.20. The van der Waals surface area contributed by atoms with Crippen LogP contribution in [0.15, 0.2) is 18.2 Å². The Morgan fingerprint density at radius 2 is 2.27 bits per heavy atom. The molecule has 1 aromatic rings. The van der Waals surface area contributed by atoms with Gasteiger partial charge in [-0.2, -0.15) is 0 Å². The Morgan fingerprint density at radius 3 is 2.91 bits per heavy atom. The standard InChI is InChI=1S/C8H9FIN/c1-11-5-6-4-7(10)2-3-8(6)9/h2-4,11H,5H2,1H3. The first-order valence-electron chi connectivity index (χ1n) is 3.32. The number of hydrogen-bond acceptors (Lipinski definition) is 1. The van der Waals surface area contributed by atoms with Crippen molar-refractivity contribution >= 4 is 22.6 Å². The fraction of sp³-hybridized carbons (Fsp3) is 0.250. The monoisotopic (exact) mass is 265 g/mol. The summed E-state index contributed by atoms with van der Waals surface area (Å²) in [6.45, 7) is 0.586. The van der Waals surface area contributed by atoms with E-state index in [0.29, 0.717) is 6.54 Å². The lowest BCUT2D eigenvalue weighted by Gasteiger charge is -2.01. The first-order valence-corrected chi connectivity index (χ1v) is 4.40. The van der Waals surface area contributed by atoms with Crippen molar-refractivity contribution in [3.05, 3.63) is 33.1 Å². The van der Waals surface area contributed by atoms with Gasteiger partial charge in [0.05, 0.1) is 0 Å². The molecule has 0 saturated carbocycles. The molecule has 0 fully saturated rings. The molecule has 0 spiro atoms. The van der Waals surface area contributed by atoms with Gasteiger partial charge >= 0.3 is 0 Å². The predicted molar refractivity (Wildman–Crippen MR) is 51.9 cm³/mol. The molecule has 1 nitrogen and oxygen atoms in total. The Bertz CT molecular complexity index is 250. The Kier molecular flexibility index (Phi) is 3.26. The van der Waals surface area contributed by atoms with E-state index in [0.717, 1.165) is 9.13 Å². The predicted octanol–water partition coefficient (Wildman–Crippen LogP) is 2.15. The highest BCUT2D eigenvalue weighted by Gasteiger charge is 1.99. The van der Waals surface area contributed by atoms with Crippen molar-refractivity contribution in [3.63, 3.8) is 0 Å². The topological polar surface area (TPSA) is 12.0 Å². The third-order valence-electron chi connectivity index (χ3n) is 1.37. The van der Waals surface area contributed by atoms with Crippen LogP contribution in [0.5, 0.6) is 0 Å². The third-order valence-corrected chi connectivity index (χ3v) is 2.05. The number of benzene rings is 1. The second-order valence-corrected chi connectivity index (χ2v) is 3.51. The average Bonchev–Trinajstić information content (AvgIpc) is 1.98. The maximum Gasteiger partial charge on any atom is 0.127 e. The molecule has 60 valence electrons. The molecule has 0 atom stereocenters. The lowest BCUT2D eigenvalue weighted by Crippen LogP contribution is -2.06. The maximum absolute atomic E-state index is 12.9. The molecule has 0 radical (unpaired) electrons. The lowest BCUT2D eigenvalue weighted by molar-refractivity contribution is 0.600. The zero-order valence-corrected chi connectivity index (χ0v) is 8.35. The Balaban J connectivity index is 2.93. The molecular formula is C8H9FIN. The lowest BCUT2D eigenvalue weighted by atomic mass is 10.2. The van der Waals surface area contributed by atoms with Crippen molar-refractivity contribution in [1.82, 2.24) is 5.32 Å². The molecule has 0 aromatic heterocycles. The number of halogens is 2. The first-order chi connectivity index (χ1) is 5.24. The highest BCUT2D eigenvalue weighted by atomic mass is 127. The van der Waals surface area contributed by atoms with Crippen LogP contribution in [0.2, 0.25) is 0 Å². The highest BCUT2D eigenvalue weighted by Crippen LogP contribution is 2.11. The van der Waals surface area contributed by atoms with Gasteiger partial charge in [-0.05, 0) is 47.8 Å². The number of hydrogen-bond donors (Lipinski definition) is 1. The smallest absolute Gasteiger partial charge is 0.127 e. The van der Waals surface area contributed by atoms with Crippen LogP contribution in [0.1, 0.15) is 5.56 Å². The summed E-state index contributed by atoms with van der Waals surface area (Å²) in [6.07, 6.45) is 0. The third kappa shape index (κ3) is 2.41. The van der Waals surface area contributed by atoms with Gasteiger partial charge in [0.2, 0.25) is 0 Å². The van der Waals surface area contributed by atoms with E-state index < -0.39 is 0 Å². The molecule has 0 unspecified atom stereocenters. The second-order valence-electron chi connectivity index (χ2n) is 2.27. The van der Waals surface area contributed by atoms with Gasteiger partial charge < -0.3 is 5.32 Å². The van der Waals surface area contributed by atoms with E-state index >= 15 is 0 Å². The summed E-state index contributed by atoms with van der Waals surface area (Å²) in [5, 5.41) is 2.91. The van der Waals surface area contributed by atoms with Crippen LogP contribution >= 0.6 is 22.6 Å². The van der Waals surface area contributed by atoms with Crippen LogP contribution in [0.3, 0.4) is 0 Å². The van der Waals surface area contributed by atoms with Gasteiger partial charge in [0.15, 0.2) is 0 Å². The normalized spacial score (nSPS) is 10.1. The van der Waals surface area contributed by atoms with E-state index in [1.165, 1.54) is 6.07 Å². The van der Waals surface area contributed by atoms with Gasteiger partial charge in [-0.3, -0.25) is 0 Å². The maximum atomic E-state index is 12.9. The fourth-order valence-electron chi connectivity index (χ4n) is 0.869. The molecule has 0 bridgehead atoms. The Labute approximate surface area is 79.1 Å². The van der Waals surface area contributed by atoms with E-state index in [1.54, 1.807) is 13.1 Å². The Morgan fingerprint density at radius 1 is 1.55 bits per heavy atom. The molecule has 0 aliphatic carbocycles. The minimum absolute atomic E-state index is 0.139. The molecule has 0 amide bonds. The number of rotatable bonds is 2. The summed E-state index contributed by atoms with van der Waals surface area (Å²) in [5.74, 6) is -0.139.